The Hall–Kier alpha value is -2.76. The van der Waals surface area contributed by atoms with Crippen LogP contribution < -0.4 is 15.4 Å². The molecule has 0 aliphatic heterocycles. The Morgan fingerprint density at radius 1 is 1.12 bits per heavy atom. The number of pyridine rings is 2. The number of ether oxygens (including phenoxy) is 1. The molecule has 0 spiro atoms. The molecule has 0 atom stereocenters. The third-order valence-electron chi connectivity index (χ3n) is 4.27. The van der Waals surface area contributed by atoms with Gasteiger partial charge in [-0.15, -0.1) is 5.10 Å². The largest absolute Gasteiger partial charge is 0.478 e. The normalized spacial score (nSPS) is 11.1. The van der Waals surface area contributed by atoms with Crippen LogP contribution in [0.3, 0.4) is 0 Å². The van der Waals surface area contributed by atoms with Gasteiger partial charge in [0.05, 0.1) is 18.3 Å². The summed E-state index contributed by atoms with van der Waals surface area (Å²) < 4.78 is 7.16. The van der Waals surface area contributed by atoms with Crippen LogP contribution in [-0.2, 0) is 0 Å². The molecule has 0 fully saturated rings. The first-order valence-corrected chi connectivity index (χ1v) is 7.83. The van der Waals surface area contributed by atoms with Gasteiger partial charge in [-0.3, -0.25) is 0 Å². The lowest BCUT2D eigenvalue weighted by Gasteiger charge is -2.17. The summed E-state index contributed by atoms with van der Waals surface area (Å²) in [7, 11) is 5.56. The molecule has 0 unspecified atom stereocenters. The van der Waals surface area contributed by atoms with E-state index in [0.29, 0.717) is 11.6 Å². The predicted molar refractivity (Wildman–Crippen MR) is 97.9 cm³/mol. The number of hydrogen-bond donors (Lipinski definition) is 1. The highest BCUT2D eigenvalue weighted by molar-refractivity contribution is 5.82. The van der Waals surface area contributed by atoms with Gasteiger partial charge in [0, 0.05) is 25.4 Å². The Kier molecular flexibility index (Phi) is 3.83. The number of nitrogens with two attached hydrogens (primary N) is 1. The molecule has 0 saturated carbocycles. The fraction of sp³-hybridized carbons (Fsp3) is 0.333. The van der Waals surface area contributed by atoms with Crippen LogP contribution in [0, 0.1) is 20.8 Å². The molecular formula is C18H23N5O. The van der Waals surface area contributed by atoms with Gasteiger partial charge in [0.15, 0.2) is 0 Å². The Morgan fingerprint density at radius 2 is 1.83 bits per heavy atom. The summed E-state index contributed by atoms with van der Waals surface area (Å²) in [5.41, 5.74) is 12.8. The zero-order chi connectivity index (χ0) is 17.6. The molecule has 0 aliphatic carbocycles. The topological polar surface area (TPSA) is 68.7 Å². The Bertz CT molecular complexity index is 904. The zero-order valence-corrected chi connectivity index (χ0v) is 15.0. The highest BCUT2D eigenvalue weighted by Crippen LogP contribution is 2.34. The molecule has 6 heteroatoms. The number of aromatic nitrogens is 3. The van der Waals surface area contributed by atoms with E-state index < -0.39 is 0 Å². The van der Waals surface area contributed by atoms with Crippen molar-refractivity contribution in [3.63, 3.8) is 0 Å². The SMILES string of the molecule is COc1nn2c(-c3c(C)cc(N(C)C)nc3C)ccc(C)c2c1N. The zero-order valence-electron chi connectivity index (χ0n) is 15.0. The number of fused-ring (bicyclic) bond motifs is 1. The monoisotopic (exact) mass is 325 g/mol. The first-order valence-electron chi connectivity index (χ1n) is 7.83. The first-order chi connectivity index (χ1) is 11.3. The Morgan fingerprint density at radius 3 is 2.42 bits per heavy atom. The van der Waals surface area contributed by atoms with Gasteiger partial charge in [0.25, 0.3) is 5.88 Å². The van der Waals surface area contributed by atoms with Gasteiger partial charge in [0.1, 0.15) is 11.5 Å². The molecule has 3 aromatic heterocycles. The van der Waals surface area contributed by atoms with Crippen LogP contribution in [0.2, 0.25) is 0 Å². The van der Waals surface area contributed by atoms with E-state index in [-0.39, 0.29) is 0 Å². The van der Waals surface area contributed by atoms with Gasteiger partial charge in [-0.25, -0.2) is 9.50 Å². The van der Waals surface area contributed by atoms with Gasteiger partial charge < -0.3 is 15.4 Å². The van der Waals surface area contributed by atoms with Crippen molar-refractivity contribution in [1.82, 2.24) is 14.6 Å². The fourth-order valence-electron chi connectivity index (χ4n) is 3.08. The standard InChI is InChI=1S/C18H23N5O/c1-10-7-8-13(23-17(10)16(19)18(21-23)24-6)15-11(2)9-14(22(4)5)20-12(15)3/h7-9H,19H2,1-6H3. The number of anilines is 2. The van der Waals surface area contributed by atoms with Crippen LogP contribution in [0.15, 0.2) is 18.2 Å². The van der Waals surface area contributed by atoms with E-state index in [2.05, 4.69) is 30.2 Å². The summed E-state index contributed by atoms with van der Waals surface area (Å²) in [5, 5.41) is 4.54. The molecule has 0 radical (unpaired) electrons. The van der Waals surface area contributed by atoms with E-state index in [9.17, 15) is 0 Å². The maximum Gasteiger partial charge on any atom is 0.257 e. The highest BCUT2D eigenvalue weighted by Gasteiger charge is 2.18. The van der Waals surface area contributed by atoms with E-state index in [1.165, 1.54) is 0 Å². The van der Waals surface area contributed by atoms with E-state index in [1.54, 1.807) is 7.11 Å². The maximum absolute atomic E-state index is 6.21. The molecule has 126 valence electrons. The van der Waals surface area contributed by atoms with E-state index in [0.717, 1.165) is 39.4 Å². The summed E-state index contributed by atoms with van der Waals surface area (Å²) in [5.74, 6) is 1.38. The number of nitrogens with zero attached hydrogens (tertiary/aromatic N) is 4. The van der Waals surface area contributed by atoms with Crippen molar-refractivity contribution in [2.24, 2.45) is 0 Å². The van der Waals surface area contributed by atoms with Gasteiger partial charge in [-0.2, -0.15) is 0 Å². The molecule has 3 aromatic rings. The van der Waals surface area contributed by atoms with Crippen molar-refractivity contribution in [3.05, 3.63) is 35.0 Å². The average Bonchev–Trinajstić information content (AvgIpc) is 2.86. The molecule has 3 heterocycles. The summed E-state index contributed by atoms with van der Waals surface area (Å²) in [6.45, 7) is 6.13. The van der Waals surface area contributed by atoms with E-state index in [1.807, 2.05) is 37.4 Å². The van der Waals surface area contributed by atoms with Crippen LogP contribution in [0.25, 0.3) is 16.8 Å². The van der Waals surface area contributed by atoms with Crippen molar-refractivity contribution >= 4 is 17.0 Å². The number of hydrogen-bond acceptors (Lipinski definition) is 5. The molecule has 24 heavy (non-hydrogen) atoms. The van der Waals surface area contributed by atoms with Crippen LogP contribution in [-0.4, -0.2) is 35.8 Å². The van der Waals surface area contributed by atoms with Gasteiger partial charge in [0.2, 0.25) is 0 Å². The second kappa shape index (κ2) is 5.70. The molecule has 6 nitrogen and oxygen atoms in total. The molecule has 2 N–H and O–H groups in total. The quantitative estimate of drug-likeness (QED) is 0.802. The number of aryl methyl sites for hydroxylation is 3. The van der Waals surface area contributed by atoms with Gasteiger partial charge >= 0.3 is 0 Å². The maximum atomic E-state index is 6.21. The minimum atomic E-state index is 0.443. The van der Waals surface area contributed by atoms with Crippen molar-refractivity contribution in [1.29, 1.82) is 0 Å². The Balaban J connectivity index is 2.34. The van der Waals surface area contributed by atoms with Crippen molar-refractivity contribution in [2.75, 3.05) is 31.8 Å². The lowest BCUT2D eigenvalue weighted by molar-refractivity contribution is 0.397. The molecule has 3 rings (SSSR count). The van der Waals surface area contributed by atoms with Gasteiger partial charge in [-0.05, 0) is 44.0 Å². The lowest BCUT2D eigenvalue weighted by atomic mass is 10.0. The number of nitrogen functional groups attached to an aromatic ring is 1. The molecule has 0 saturated heterocycles. The summed E-state index contributed by atoms with van der Waals surface area (Å²) in [6, 6.07) is 6.19. The summed E-state index contributed by atoms with van der Waals surface area (Å²) in [6.07, 6.45) is 0. The van der Waals surface area contributed by atoms with Crippen molar-refractivity contribution in [3.8, 4) is 17.1 Å². The molecule has 0 aromatic carbocycles. The Labute approximate surface area is 141 Å². The highest BCUT2D eigenvalue weighted by atomic mass is 16.5. The minimum absolute atomic E-state index is 0.443. The van der Waals surface area contributed by atoms with Crippen LogP contribution in [0.5, 0.6) is 5.88 Å². The number of methoxy groups -OCH3 is 1. The van der Waals surface area contributed by atoms with Crippen molar-refractivity contribution < 1.29 is 4.74 Å². The average molecular weight is 325 g/mol. The third kappa shape index (κ3) is 2.35. The lowest BCUT2D eigenvalue weighted by Crippen LogP contribution is -2.12. The predicted octanol–water partition coefficient (Wildman–Crippen LogP) is 2.98. The fourth-order valence-corrected chi connectivity index (χ4v) is 3.08. The molecule has 0 amide bonds. The van der Waals surface area contributed by atoms with Crippen LogP contribution in [0.1, 0.15) is 16.8 Å². The van der Waals surface area contributed by atoms with Gasteiger partial charge in [-0.1, -0.05) is 6.07 Å². The summed E-state index contributed by atoms with van der Waals surface area (Å²) in [4.78, 5) is 6.71. The summed E-state index contributed by atoms with van der Waals surface area (Å²) >= 11 is 0. The second-order valence-corrected chi connectivity index (χ2v) is 6.24. The molecular weight excluding hydrogens is 302 g/mol. The molecule has 0 bridgehead atoms. The van der Waals surface area contributed by atoms with E-state index in [4.69, 9.17) is 15.5 Å². The van der Waals surface area contributed by atoms with Crippen LogP contribution >= 0.6 is 0 Å². The van der Waals surface area contributed by atoms with E-state index >= 15 is 0 Å². The van der Waals surface area contributed by atoms with Crippen LogP contribution in [0.4, 0.5) is 11.5 Å². The molecule has 0 aliphatic rings. The number of rotatable bonds is 3. The first kappa shape index (κ1) is 16.1. The second-order valence-electron chi connectivity index (χ2n) is 6.24. The van der Waals surface area contributed by atoms with Crippen molar-refractivity contribution in [2.45, 2.75) is 20.8 Å². The smallest absolute Gasteiger partial charge is 0.257 e. The third-order valence-corrected chi connectivity index (χ3v) is 4.27. The minimum Gasteiger partial charge on any atom is -0.478 e.